The second kappa shape index (κ2) is 6.78. The van der Waals surface area contributed by atoms with Gasteiger partial charge in [0.15, 0.2) is 15.6 Å². The molecule has 0 saturated heterocycles. The van der Waals surface area contributed by atoms with Crippen LogP contribution >= 0.6 is 15.9 Å². The van der Waals surface area contributed by atoms with E-state index < -0.39 is 9.84 Å². The van der Waals surface area contributed by atoms with Gasteiger partial charge in [0, 0.05) is 28.1 Å². The Morgan fingerprint density at radius 3 is 2.04 bits per heavy atom. The molecule has 2 aromatic rings. The summed E-state index contributed by atoms with van der Waals surface area (Å²) in [6.07, 6.45) is 2.50. The molecule has 0 amide bonds. The van der Waals surface area contributed by atoms with E-state index in [4.69, 9.17) is 0 Å². The Kier molecular flexibility index (Phi) is 4.97. The predicted molar refractivity (Wildman–Crippen MR) is 109 cm³/mol. The highest BCUT2D eigenvalue weighted by Gasteiger charge is 2.41. The first-order chi connectivity index (χ1) is 12.2. The van der Waals surface area contributed by atoms with Crippen LogP contribution in [0.25, 0.3) is 11.1 Å². The molecule has 0 saturated carbocycles. The Morgan fingerprint density at radius 2 is 1.54 bits per heavy atom. The zero-order chi connectivity index (χ0) is 19.1. The molecule has 0 aromatic heterocycles. The van der Waals surface area contributed by atoms with Gasteiger partial charge in [-0.1, -0.05) is 54.0 Å². The first-order valence-corrected chi connectivity index (χ1v) is 11.2. The summed E-state index contributed by atoms with van der Waals surface area (Å²) >= 11 is 3.43. The lowest BCUT2D eigenvalue weighted by Crippen LogP contribution is -2.14. The molecule has 0 spiro atoms. The molecule has 26 heavy (non-hydrogen) atoms. The number of carbonyl (C=O) groups is 1. The molecule has 3 rings (SSSR count). The third kappa shape index (κ3) is 3.42. The minimum absolute atomic E-state index is 0.138. The summed E-state index contributed by atoms with van der Waals surface area (Å²) in [6.45, 7) is 4.19. The highest BCUT2D eigenvalue weighted by Crippen LogP contribution is 2.51. The Hall–Kier alpha value is -1.72. The van der Waals surface area contributed by atoms with Crippen molar-refractivity contribution in [3.63, 3.8) is 0 Å². The van der Waals surface area contributed by atoms with E-state index in [1.165, 1.54) is 6.26 Å². The standard InChI is InChI=1S/C21H21BrO3S/c1-4-21(2)13-18(23)19(14-5-9-16(22)10-6-14)20(21)15-7-11-17(12-8-15)26(3,24)25/h5-12H,4,13H2,1-3H3. The molecule has 2 aromatic carbocycles. The number of carbonyl (C=O) groups excluding carboxylic acids is 1. The van der Waals surface area contributed by atoms with E-state index in [-0.39, 0.29) is 16.1 Å². The fourth-order valence-electron chi connectivity index (χ4n) is 3.56. The van der Waals surface area contributed by atoms with Gasteiger partial charge < -0.3 is 0 Å². The molecular formula is C21H21BrO3S. The first kappa shape index (κ1) is 19.1. The second-order valence-electron chi connectivity index (χ2n) is 7.07. The van der Waals surface area contributed by atoms with Gasteiger partial charge in [-0.3, -0.25) is 4.79 Å². The molecular weight excluding hydrogens is 412 g/mol. The quantitative estimate of drug-likeness (QED) is 0.670. The zero-order valence-electron chi connectivity index (χ0n) is 15.0. The van der Waals surface area contributed by atoms with Gasteiger partial charge in [0.05, 0.1) is 4.90 Å². The van der Waals surface area contributed by atoms with Crippen molar-refractivity contribution >= 4 is 42.7 Å². The number of rotatable bonds is 4. The Morgan fingerprint density at radius 1 is 1.00 bits per heavy atom. The minimum atomic E-state index is -3.25. The lowest BCUT2D eigenvalue weighted by molar-refractivity contribution is -0.114. The number of hydrogen-bond acceptors (Lipinski definition) is 3. The van der Waals surface area contributed by atoms with E-state index in [0.717, 1.165) is 33.2 Å². The zero-order valence-corrected chi connectivity index (χ0v) is 17.4. The van der Waals surface area contributed by atoms with Gasteiger partial charge in [-0.05, 0) is 47.4 Å². The molecule has 0 radical (unpaired) electrons. The fourth-order valence-corrected chi connectivity index (χ4v) is 4.45. The predicted octanol–water partition coefficient (Wildman–Crippen LogP) is 5.15. The number of allylic oxidation sites excluding steroid dienone is 2. The molecule has 136 valence electrons. The van der Waals surface area contributed by atoms with E-state index >= 15 is 0 Å². The Balaban J connectivity index is 2.22. The smallest absolute Gasteiger partial charge is 0.175 e. The highest BCUT2D eigenvalue weighted by molar-refractivity contribution is 9.10. The van der Waals surface area contributed by atoms with E-state index in [0.29, 0.717) is 6.42 Å². The van der Waals surface area contributed by atoms with Crippen LogP contribution in [0.4, 0.5) is 0 Å². The summed E-state index contributed by atoms with van der Waals surface area (Å²) in [7, 11) is -3.25. The third-order valence-electron chi connectivity index (χ3n) is 5.17. The molecule has 5 heteroatoms. The van der Waals surface area contributed by atoms with Gasteiger partial charge >= 0.3 is 0 Å². The highest BCUT2D eigenvalue weighted by atomic mass is 79.9. The maximum absolute atomic E-state index is 12.9. The summed E-state index contributed by atoms with van der Waals surface area (Å²) in [6, 6.07) is 14.6. The van der Waals surface area contributed by atoms with Crippen molar-refractivity contribution in [2.45, 2.75) is 31.6 Å². The maximum Gasteiger partial charge on any atom is 0.175 e. The molecule has 0 aliphatic heterocycles. The van der Waals surface area contributed by atoms with Crippen molar-refractivity contribution < 1.29 is 13.2 Å². The first-order valence-electron chi connectivity index (χ1n) is 8.50. The Bertz CT molecular complexity index is 987. The van der Waals surface area contributed by atoms with Crippen LogP contribution in [0.2, 0.25) is 0 Å². The fraction of sp³-hybridized carbons (Fsp3) is 0.286. The normalized spacial score (nSPS) is 20.7. The van der Waals surface area contributed by atoms with Crippen molar-refractivity contribution in [1.82, 2.24) is 0 Å². The molecule has 1 atom stereocenters. The van der Waals surface area contributed by atoms with Crippen LogP contribution in [0.5, 0.6) is 0 Å². The van der Waals surface area contributed by atoms with Gasteiger partial charge in [-0.25, -0.2) is 8.42 Å². The molecule has 0 N–H and O–H groups in total. The van der Waals surface area contributed by atoms with Crippen LogP contribution in [0, 0.1) is 5.41 Å². The lowest BCUT2D eigenvalue weighted by Gasteiger charge is -2.26. The number of benzene rings is 2. The van der Waals surface area contributed by atoms with Crippen LogP contribution in [-0.2, 0) is 14.6 Å². The number of hydrogen-bond donors (Lipinski definition) is 0. The molecule has 1 aliphatic carbocycles. The van der Waals surface area contributed by atoms with Gasteiger partial charge in [0.25, 0.3) is 0 Å². The average Bonchev–Trinajstić information content (AvgIpc) is 2.86. The van der Waals surface area contributed by atoms with Gasteiger partial charge in [-0.2, -0.15) is 0 Å². The summed E-state index contributed by atoms with van der Waals surface area (Å²) < 4.78 is 24.5. The summed E-state index contributed by atoms with van der Waals surface area (Å²) in [5.41, 5.74) is 3.30. The van der Waals surface area contributed by atoms with Crippen molar-refractivity contribution in [2.24, 2.45) is 5.41 Å². The topological polar surface area (TPSA) is 51.2 Å². The van der Waals surface area contributed by atoms with Gasteiger partial charge in [-0.15, -0.1) is 0 Å². The summed E-state index contributed by atoms with van der Waals surface area (Å²) in [4.78, 5) is 13.2. The average molecular weight is 433 g/mol. The van der Waals surface area contributed by atoms with E-state index in [1.807, 2.05) is 36.4 Å². The summed E-state index contributed by atoms with van der Waals surface area (Å²) in [5.74, 6) is 0.138. The molecule has 1 aliphatic rings. The third-order valence-corrected chi connectivity index (χ3v) is 6.82. The van der Waals surface area contributed by atoms with Crippen molar-refractivity contribution in [1.29, 1.82) is 0 Å². The molecule has 0 heterocycles. The van der Waals surface area contributed by atoms with Crippen LogP contribution in [0.3, 0.4) is 0 Å². The van der Waals surface area contributed by atoms with Gasteiger partial charge in [0.1, 0.15) is 0 Å². The van der Waals surface area contributed by atoms with E-state index in [2.05, 4.69) is 29.8 Å². The summed E-state index contributed by atoms with van der Waals surface area (Å²) in [5, 5.41) is 0. The molecule has 0 fully saturated rings. The second-order valence-corrected chi connectivity index (χ2v) is 10.00. The monoisotopic (exact) mass is 432 g/mol. The van der Waals surface area contributed by atoms with Crippen LogP contribution in [0.15, 0.2) is 57.9 Å². The van der Waals surface area contributed by atoms with Crippen LogP contribution < -0.4 is 0 Å². The SMILES string of the molecule is CCC1(C)CC(=O)C(c2ccc(Br)cc2)=C1c1ccc(S(C)(=O)=O)cc1. The van der Waals surface area contributed by atoms with Crippen molar-refractivity contribution in [2.75, 3.05) is 6.26 Å². The van der Waals surface area contributed by atoms with Crippen molar-refractivity contribution in [3.05, 3.63) is 64.1 Å². The van der Waals surface area contributed by atoms with Crippen LogP contribution in [-0.4, -0.2) is 20.5 Å². The lowest BCUT2D eigenvalue weighted by atomic mass is 9.77. The van der Waals surface area contributed by atoms with Crippen molar-refractivity contribution in [3.8, 4) is 0 Å². The molecule has 0 bridgehead atoms. The molecule has 3 nitrogen and oxygen atoms in total. The molecule has 1 unspecified atom stereocenters. The van der Waals surface area contributed by atoms with E-state index in [9.17, 15) is 13.2 Å². The van der Waals surface area contributed by atoms with Crippen LogP contribution in [0.1, 0.15) is 37.8 Å². The maximum atomic E-state index is 12.9. The minimum Gasteiger partial charge on any atom is -0.294 e. The Labute approximate surface area is 163 Å². The number of ketones is 1. The number of Topliss-reactive ketones (excluding diaryl/α,β-unsaturated/α-hetero) is 1. The van der Waals surface area contributed by atoms with Gasteiger partial charge in [0.2, 0.25) is 0 Å². The number of halogens is 1. The largest absolute Gasteiger partial charge is 0.294 e. The van der Waals surface area contributed by atoms with E-state index in [1.54, 1.807) is 12.1 Å². The number of sulfone groups is 1.